The Labute approximate surface area is 120 Å². The average molecular weight is 313 g/mol. The molecule has 0 bridgehead atoms. The number of halogens is 1. The monoisotopic (exact) mass is 312 g/mol. The van der Waals surface area contributed by atoms with Gasteiger partial charge in [0.1, 0.15) is 0 Å². The van der Waals surface area contributed by atoms with E-state index in [2.05, 4.69) is 78.2 Å². The summed E-state index contributed by atoms with van der Waals surface area (Å²) < 4.78 is 1.14. The first kappa shape index (κ1) is 15.7. The van der Waals surface area contributed by atoms with E-state index in [1.807, 2.05) is 0 Å². The molecule has 1 atom stereocenters. The normalized spacial score (nSPS) is 13.3. The van der Waals surface area contributed by atoms with Crippen molar-refractivity contribution in [1.29, 1.82) is 0 Å². The molecule has 0 radical (unpaired) electrons. The van der Waals surface area contributed by atoms with Gasteiger partial charge in [-0.1, -0.05) is 48.8 Å². The van der Waals surface area contributed by atoms with Crippen LogP contribution in [0.2, 0.25) is 0 Å². The van der Waals surface area contributed by atoms with Crippen molar-refractivity contribution in [3.8, 4) is 0 Å². The minimum atomic E-state index is 0.556. The van der Waals surface area contributed by atoms with Crippen molar-refractivity contribution in [3.63, 3.8) is 0 Å². The van der Waals surface area contributed by atoms with Gasteiger partial charge in [-0.2, -0.15) is 0 Å². The third kappa shape index (κ3) is 5.51. The van der Waals surface area contributed by atoms with Gasteiger partial charge in [0.15, 0.2) is 0 Å². The van der Waals surface area contributed by atoms with E-state index in [4.69, 9.17) is 0 Å². The Kier molecular flexibility index (Phi) is 6.90. The van der Waals surface area contributed by atoms with Gasteiger partial charge in [-0.3, -0.25) is 4.90 Å². The Hall–Kier alpha value is -0.380. The second kappa shape index (κ2) is 7.93. The van der Waals surface area contributed by atoms with Crippen molar-refractivity contribution >= 4 is 15.9 Å². The van der Waals surface area contributed by atoms with E-state index in [0.29, 0.717) is 12.1 Å². The van der Waals surface area contributed by atoms with E-state index in [0.717, 1.165) is 17.6 Å². The van der Waals surface area contributed by atoms with Gasteiger partial charge < -0.3 is 5.32 Å². The highest BCUT2D eigenvalue weighted by Gasteiger charge is 2.13. The molecule has 1 unspecified atom stereocenters. The summed E-state index contributed by atoms with van der Waals surface area (Å²) in [6.45, 7) is 8.71. The maximum absolute atomic E-state index is 3.52. The minimum absolute atomic E-state index is 0.556. The molecular formula is C15H25BrN2. The first-order valence-electron chi connectivity index (χ1n) is 6.71. The maximum Gasteiger partial charge on any atom is 0.0234 e. The van der Waals surface area contributed by atoms with Gasteiger partial charge >= 0.3 is 0 Å². The summed E-state index contributed by atoms with van der Waals surface area (Å²) >= 11 is 3.47. The Morgan fingerprint density at radius 1 is 1.22 bits per heavy atom. The highest BCUT2D eigenvalue weighted by atomic mass is 79.9. The summed E-state index contributed by atoms with van der Waals surface area (Å²) in [5.41, 5.74) is 1.36. The molecule has 3 heteroatoms. The van der Waals surface area contributed by atoms with Crippen molar-refractivity contribution in [1.82, 2.24) is 10.2 Å². The highest BCUT2D eigenvalue weighted by molar-refractivity contribution is 9.10. The van der Waals surface area contributed by atoms with Gasteiger partial charge in [-0.05, 0) is 31.2 Å². The van der Waals surface area contributed by atoms with Crippen LogP contribution in [0.4, 0.5) is 0 Å². The van der Waals surface area contributed by atoms with E-state index in [1.54, 1.807) is 0 Å². The van der Waals surface area contributed by atoms with Gasteiger partial charge in [0, 0.05) is 29.6 Å². The first-order chi connectivity index (χ1) is 8.52. The predicted octanol–water partition coefficient (Wildman–Crippen LogP) is 3.66. The maximum atomic E-state index is 3.52. The molecule has 1 N–H and O–H groups in total. The molecule has 0 fully saturated rings. The lowest BCUT2D eigenvalue weighted by atomic mass is 10.1. The minimum Gasteiger partial charge on any atom is -0.313 e. The van der Waals surface area contributed by atoms with Gasteiger partial charge in [0.25, 0.3) is 0 Å². The zero-order chi connectivity index (χ0) is 13.5. The van der Waals surface area contributed by atoms with Crippen molar-refractivity contribution in [2.24, 2.45) is 0 Å². The SMILES string of the molecule is CCC(CNC(C)C)N(C)Cc1ccc(Br)cc1. The molecule has 0 saturated carbocycles. The third-order valence-electron chi connectivity index (χ3n) is 3.20. The Balaban J connectivity index is 2.50. The van der Waals surface area contributed by atoms with E-state index in [-0.39, 0.29) is 0 Å². The molecule has 18 heavy (non-hydrogen) atoms. The van der Waals surface area contributed by atoms with Crippen molar-refractivity contribution in [2.75, 3.05) is 13.6 Å². The van der Waals surface area contributed by atoms with E-state index >= 15 is 0 Å². The predicted molar refractivity (Wildman–Crippen MR) is 82.8 cm³/mol. The summed E-state index contributed by atoms with van der Waals surface area (Å²) in [5.74, 6) is 0. The molecule has 0 amide bonds. The van der Waals surface area contributed by atoms with Crippen molar-refractivity contribution < 1.29 is 0 Å². The number of nitrogens with zero attached hydrogens (tertiary/aromatic N) is 1. The molecular weight excluding hydrogens is 288 g/mol. The van der Waals surface area contributed by atoms with E-state index < -0.39 is 0 Å². The van der Waals surface area contributed by atoms with Crippen LogP contribution in [0.3, 0.4) is 0 Å². The smallest absolute Gasteiger partial charge is 0.0234 e. The molecule has 0 aliphatic rings. The molecule has 0 aliphatic heterocycles. The topological polar surface area (TPSA) is 15.3 Å². The lowest BCUT2D eigenvalue weighted by molar-refractivity contribution is 0.218. The number of hydrogen-bond acceptors (Lipinski definition) is 2. The van der Waals surface area contributed by atoms with Gasteiger partial charge in [0.05, 0.1) is 0 Å². The average Bonchev–Trinajstić information content (AvgIpc) is 2.32. The number of likely N-dealkylation sites (N-methyl/N-ethyl adjacent to an activating group) is 1. The van der Waals surface area contributed by atoms with Gasteiger partial charge in [-0.25, -0.2) is 0 Å². The molecule has 0 spiro atoms. The van der Waals surface area contributed by atoms with Crippen LogP contribution in [0.15, 0.2) is 28.7 Å². The molecule has 1 aromatic carbocycles. The van der Waals surface area contributed by atoms with Crippen LogP contribution in [0.5, 0.6) is 0 Å². The summed E-state index contributed by atoms with van der Waals surface area (Å²) in [7, 11) is 2.21. The van der Waals surface area contributed by atoms with E-state index in [1.165, 1.54) is 12.0 Å². The lowest BCUT2D eigenvalue weighted by Crippen LogP contribution is -2.41. The standard InChI is InChI=1S/C15H25BrN2/c1-5-15(10-17-12(2)3)18(4)11-13-6-8-14(16)9-7-13/h6-9,12,15,17H,5,10-11H2,1-4H3. The molecule has 0 aliphatic carbocycles. The molecule has 2 nitrogen and oxygen atoms in total. The van der Waals surface area contributed by atoms with Crippen LogP contribution in [-0.4, -0.2) is 30.6 Å². The van der Waals surface area contributed by atoms with Crippen molar-refractivity contribution in [2.45, 2.75) is 45.8 Å². The molecule has 1 rings (SSSR count). The summed E-state index contributed by atoms with van der Waals surface area (Å²) in [6.07, 6.45) is 1.17. The lowest BCUT2D eigenvalue weighted by Gasteiger charge is -2.28. The zero-order valence-corrected chi connectivity index (χ0v) is 13.5. The largest absolute Gasteiger partial charge is 0.313 e. The Bertz CT molecular complexity index is 335. The van der Waals surface area contributed by atoms with Crippen LogP contribution in [-0.2, 0) is 6.54 Å². The summed E-state index contributed by atoms with van der Waals surface area (Å²) in [6, 6.07) is 9.73. The first-order valence-corrected chi connectivity index (χ1v) is 7.50. The molecule has 0 heterocycles. The van der Waals surface area contributed by atoms with Crippen LogP contribution in [0.25, 0.3) is 0 Å². The summed E-state index contributed by atoms with van der Waals surface area (Å²) in [4.78, 5) is 2.43. The van der Waals surface area contributed by atoms with Crippen LogP contribution < -0.4 is 5.32 Å². The molecule has 0 saturated heterocycles. The second-order valence-corrected chi connectivity index (χ2v) is 6.08. The van der Waals surface area contributed by atoms with Crippen LogP contribution in [0, 0.1) is 0 Å². The van der Waals surface area contributed by atoms with E-state index in [9.17, 15) is 0 Å². The summed E-state index contributed by atoms with van der Waals surface area (Å²) in [5, 5.41) is 3.52. The Morgan fingerprint density at radius 2 is 1.83 bits per heavy atom. The third-order valence-corrected chi connectivity index (χ3v) is 3.73. The fraction of sp³-hybridized carbons (Fsp3) is 0.600. The van der Waals surface area contributed by atoms with Gasteiger partial charge in [0.2, 0.25) is 0 Å². The number of nitrogens with one attached hydrogen (secondary N) is 1. The quantitative estimate of drug-likeness (QED) is 0.826. The number of benzene rings is 1. The van der Waals surface area contributed by atoms with Crippen LogP contribution >= 0.6 is 15.9 Å². The molecule has 102 valence electrons. The molecule has 1 aromatic rings. The second-order valence-electron chi connectivity index (χ2n) is 5.17. The van der Waals surface area contributed by atoms with Crippen molar-refractivity contribution in [3.05, 3.63) is 34.3 Å². The van der Waals surface area contributed by atoms with Gasteiger partial charge in [-0.15, -0.1) is 0 Å². The fourth-order valence-electron chi connectivity index (χ4n) is 1.99. The Morgan fingerprint density at radius 3 is 2.33 bits per heavy atom. The number of rotatable bonds is 7. The number of hydrogen-bond donors (Lipinski definition) is 1. The van der Waals surface area contributed by atoms with Crippen LogP contribution in [0.1, 0.15) is 32.8 Å². The highest BCUT2D eigenvalue weighted by Crippen LogP contribution is 2.13. The molecule has 0 aromatic heterocycles. The fourth-order valence-corrected chi connectivity index (χ4v) is 2.25. The zero-order valence-electron chi connectivity index (χ0n) is 11.9.